The number of carbonyl (C=O) groups excluding carboxylic acids is 1. The van der Waals surface area contributed by atoms with Crippen LogP contribution in [0.2, 0.25) is 0 Å². The summed E-state index contributed by atoms with van der Waals surface area (Å²) in [5.41, 5.74) is 9.56. The standard InChI is InChI=1S/C48H63NO7/c1-3-5-7-9-12-16-34-53-41-27-25-40(26-28-41)48(52)56-42-29-23-38(24-30-42)37-19-21-39(22-20-37)45-44(54-35-17-13-10-8-6-4-2)32-31-43(47(50)51)46(45)55-36-18-14-11-15-33-49/h19-32H,3-18,33-36,49H2,1-2H3,(H,50,51). The van der Waals surface area contributed by atoms with Crippen molar-refractivity contribution in [3.8, 4) is 45.3 Å². The summed E-state index contributed by atoms with van der Waals surface area (Å²) in [4.78, 5) is 25.3. The third-order valence-corrected chi connectivity index (χ3v) is 9.88. The van der Waals surface area contributed by atoms with Gasteiger partial charge in [-0.3, -0.25) is 0 Å². The minimum atomic E-state index is -1.05. The summed E-state index contributed by atoms with van der Waals surface area (Å²) >= 11 is 0. The first-order chi connectivity index (χ1) is 27.4. The maximum atomic E-state index is 12.9. The van der Waals surface area contributed by atoms with Crippen LogP contribution in [0.3, 0.4) is 0 Å². The lowest BCUT2D eigenvalue weighted by atomic mass is 9.97. The van der Waals surface area contributed by atoms with Gasteiger partial charge in [-0.2, -0.15) is 0 Å². The molecule has 0 saturated heterocycles. The van der Waals surface area contributed by atoms with Crippen LogP contribution in [-0.2, 0) is 0 Å². The van der Waals surface area contributed by atoms with Gasteiger partial charge in [0.2, 0.25) is 0 Å². The quantitative estimate of drug-likeness (QED) is 0.0333. The van der Waals surface area contributed by atoms with Crippen LogP contribution in [0.4, 0.5) is 0 Å². The molecule has 302 valence electrons. The van der Waals surface area contributed by atoms with Gasteiger partial charge in [-0.05, 0) is 97.4 Å². The number of esters is 1. The molecule has 0 aliphatic rings. The average Bonchev–Trinajstić information content (AvgIpc) is 3.22. The Morgan fingerprint density at radius 2 is 1.00 bits per heavy atom. The fourth-order valence-corrected chi connectivity index (χ4v) is 6.59. The van der Waals surface area contributed by atoms with Gasteiger partial charge in [-0.15, -0.1) is 0 Å². The molecule has 0 fully saturated rings. The minimum absolute atomic E-state index is 0.107. The van der Waals surface area contributed by atoms with E-state index in [4.69, 9.17) is 24.7 Å². The van der Waals surface area contributed by atoms with Crippen LogP contribution in [0.1, 0.15) is 137 Å². The molecule has 0 spiro atoms. The van der Waals surface area contributed by atoms with Crippen LogP contribution in [0.15, 0.2) is 84.9 Å². The predicted molar refractivity (Wildman–Crippen MR) is 226 cm³/mol. The highest BCUT2D eigenvalue weighted by molar-refractivity contribution is 5.96. The second kappa shape index (κ2) is 25.4. The van der Waals surface area contributed by atoms with Gasteiger partial charge in [0, 0.05) is 0 Å². The molecule has 0 unspecified atom stereocenters. The zero-order valence-electron chi connectivity index (χ0n) is 33.7. The molecule has 0 saturated carbocycles. The second-order valence-corrected chi connectivity index (χ2v) is 14.4. The summed E-state index contributed by atoms with van der Waals surface area (Å²) in [6.45, 7) is 6.69. The average molecular weight is 766 g/mol. The Balaban J connectivity index is 1.43. The van der Waals surface area contributed by atoms with E-state index in [0.29, 0.717) is 54.7 Å². The minimum Gasteiger partial charge on any atom is -0.494 e. The lowest BCUT2D eigenvalue weighted by Gasteiger charge is -2.19. The molecule has 4 aromatic rings. The molecule has 8 heteroatoms. The van der Waals surface area contributed by atoms with E-state index in [-0.39, 0.29) is 5.56 Å². The summed E-state index contributed by atoms with van der Waals surface area (Å²) in [6.07, 6.45) is 17.8. The second-order valence-electron chi connectivity index (χ2n) is 14.4. The molecule has 8 nitrogen and oxygen atoms in total. The summed E-state index contributed by atoms with van der Waals surface area (Å²) in [7, 11) is 0. The highest BCUT2D eigenvalue weighted by atomic mass is 16.5. The van der Waals surface area contributed by atoms with Crippen molar-refractivity contribution in [2.75, 3.05) is 26.4 Å². The zero-order chi connectivity index (χ0) is 39.8. The number of rotatable bonds is 28. The van der Waals surface area contributed by atoms with Gasteiger partial charge >= 0.3 is 11.9 Å². The van der Waals surface area contributed by atoms with E-state index in [1.165, 1.54) is 57.8 Å². The Labute approximate surface area is 334 Å². The van der Waals surface area contributed by atoms with Crippen LogP contribution in [-0.4, -0.2) is 43.4 Å². The van der Waals surface area contributed by atoms with Crippen molar-refractivity contribution in [3.63, 3.8) is 0 Å². The third-order valence-electron chi connectivity index (χ3n) is 9.88. The smallest absolute Gasteiger partial charge is 0.343 e. The van der Waals surface area contributed by atoms with E-state index in [2.05, 4.69) is 13.8 Å². The number of carboxylic acids is 1. The lowest BCUT2D eigenvalue weighted by Crippen LogP contribution is -2.08. The van der Waals surface area contributed by atoms with Crippen molar-refractivity contribution in [1.82, 2.24) is 0 Å². The Hall–Kier alpha value is -4.82. The Bertz CT molecular complexity index is 1720. The van der Waals surface area contributed by atoms with Gasteiger partial charge in [0.15, 0.2) is 0 Å². The monoisotopic (exact) mass is 765 g/mol. The molecule has 0 bridgehead atoms. The number of carboxylic acid groups (broad SMARTS) is 1. The van der Waals surface area contributed by atoms with E-state index < -0.39 is 11.9 Å². The molecule has 0 aliphatic carbocycles. The normalized spacial score (nSPS) is 11.0. The highest BCUT2D eigenvalue weighted by Gasteiger charge is 2.22. The number of unbranched alkanes of at least 4 members (excludes halogenated alkanes) is 13. The number of ether oxygens (including phenoxy) is 4. The first kappa shape index (κ1) is 43.9. The van der Waals surface area contributed by atoms with Crippen LogP contribution >= 0.6 is 0 Å². The highest BCUT2D eigenvalue weighted by Crippen LogP contribution is 2.42. The van der Waals surface area contributed by atoms with Crippen molar-refractivity contribution in [2.24, 2.45) is 5.73 Å². The van der Waals surface area contributed by atoms with Crippen LogP contribution < -0.4 is 24.7 Å². The van der Waals surface area contributed by atoms with E-state index in [0.717, 1.165) is 67.4 Å². The van der Waals surface area contributed by atoms with Gasteiger partial charge in [0.25, 0.3) is 0 Å². The van der Waals surface area contributed by atoms with Gasteiger partial charge in [0.1, 0.15) is 28.6 Å². The fraction of sp³-hybridized carbons (Fsp3) is 0.458. The van der Waals surface area contributed by atoms with E-state index >= 15 is 0 Å². The molecule has 4 aromatic carbocycles. The number of benzene rings is 4. The molecule has 3 N–H and O–H groups in total. The first-order valence-electron chi connectivity index (χ1n) is 21.0. The lowest BCUT2D eigenvalue weighted by molar-refractivity contribution is 0.0689. The molecule has 0 amide bonds. The van der Waals surface area contributed by atoms with Gasteiger partial charge < -0.3 is 29.8 Å². The Morgan fingerprint density at radius 3 is 1.57 bits per heavy atom. The Kier molecular flexibility index (Phi) is 19.9. The molecule has 0 aromatic heterocycles. The van der Waals surface area contributed by atoms with Crippen LogP contribution in [0.25, 0.3) is 22.3 Å². The molecule has 0 heterocycles. The molecule has 0 radical (unpaired) electrons. The summed E-state index contributed by atoms with van der Waals surface area (Å²) < 4.78 is 24.1. The maximum Gasteiger partial charge on any atom is 0.343 e. The van der Waals surface area contributed by atoms with E-state index in [1.54, 1.807) is 36.4 Å². The molecular weight excluding hydrogens is 703 g/mol. The predicted octanol–water partition coefficient (Wildman–Crippen LogP) is 12.3. The summed E-state index contributed by atoms with van der Waals surface area (Å²) in [6, 6.07) is 25.7. The number of aromatic carboxylic acids is 1. The van der Waals surface area contributed by atoms with Crippen LogP contribution in [0, 0.1) is 0 Å². The Morgan fingerprint density at radius 1 is 0.518 bits per heavy atom. The molecule has 0 atom stereocenters. The first-order valence-corrected chi connectivity index (χ1v) is 21.0. The van der Waals surface area contributed by atoms with Gasteiger partial charge in [-0.25, -0.2) is 9.59 Å². The number of carbonyl (C=O) groups is 2. The number of hydrogen-bond donors (Lipinski definition) is 2. The van der Waals surface area contributed by atoms with E-state index in [1.807, 2.05) is 48.5 Å². The van der Waals surface area contributed by atoms with Crippen LogP contribution in [0.5, 0.6) is 23.0 Å². The van der Waals surface area contributed by atoms with Crippen molar-refractivity contribution < 1.29 is 33.6 Å². The summed E-state index contributed by atoms with van der Waals surface area (Å²) in [5.74, 6) is 0.642. The third kappa shape index (κ3) is 14.7. The molecule has 0 aliphatic heterocycles. The van der Waals surface area contributed by atoms with Crippen molar-refractivity contribution in [1.29, 1.82) is 0 Å². The molecule has 56 heavy (non-hydrogen) atoms. The van der Waals surface area contributed by atoms with E-state index in [9.17, 15) is 14.7 Å². The largest absolute Gasteiger partial charge is 0.494 e. The van der Waals surface area contributed by atoms with Crippen molar-refractivity contribution in [3.05, 3.63) is 96.1 Å². The SMILES string of the molecule is CCCCCCCCOc1ccc(C(=O)Oc2ccc(-c3ccc(-c4c(OCCCCCCCC)ccc(C(=O)O)c4OCCCCCCN)cc3)cc2)cc1. The van der Waals surface area contributed by atoms with Crippen molar-refractivity contribution >= 4 is 11.9 Å². The number of hydrogen-bond acceptors (Lipinski definition) is 7. The zero-order valence-corrected chi connectivity index (χ0v) is 33.7. The topological polar surface area (TPSA) is 117 Å². The van der Waals surface area contributed by atoms with Gasteiger partial charge in [-0.1, -0.05) is 127 Å². The molecular formula is C48H63NO7. The van der Waals surface area contributed by atoms with Gasteiger partial charge in [0.05, 0.1) is 30.9 Å². The fourth-order valence-electron chi connectivity index (χ4n) is 6.59. The maximum absolute atomic E-state index is 12.9. The summed E-state index contributed by atoms with van der Waals surface area (Å²) in [5, 5.41) is 10.2. The number of nitrogens with two attached hydrogens (primary N) is 1. The molecule has 4 rings (SSSR count). The van der Waals surface area contributed by atoms with Crippen molar-refractivity contribution in [2.45, 2.75) is 117 Å².